The topological polar surface area (TPSA) is 113 Å². The second-order valence-corrected chi connectivity index (χ2v) is 3.95. The van der Waals surface area contributed by atoms with Crippen molar-refractivity contribution in [2.75, 3.05) is 13.1 Å². The fourth-order valence-electron chi connectivity index (χ4n) is 1.50. The van der Waals surface area contributed by atoms with Gasteiger partial charge in [0.25, 0.3) is 0 Å². The van der Waals surface area contributed by atoms with Crippen LogP contribution in [0.5, 0.6) is 0 Å². The molecule has 0 atom stereocenters. The van der Waals surface area contributed by atoms with Gasteiger partial charge in [-0.2, -0.15) is 0 Å². The molecule has 0 unspecified atom stereocenters. The molecule has 0 radical (unpaired) electrons. The summed E-state index contributed by atoms with van der Waals surface area (Å²) in [5, 5.41) is 17.3. The standard InChI is InChI=1S/C12H19N5O2/c1-2-5-15-10(18)8-14-7-9-4-3-6-16-11(9)12(13)17-19/h3-4,6,14,19H,2,5,7-8H2,1H3,(H2,13,17)(H,15,18). The molecule has 0 aliphatic heterocycles. The average Bonchev–Trinajstić information content (AvgIpc) is 2.44. The number of nitrogens with one attached hydrogen (secondary N) is 2. The van der Waals surface area contributed by atoms with Crippen LogP contribution in [0.2, 0.25) is 0 Å². The molecule has 1 amide bonds. The highest BCUT2D eigenvalue weighted by Gasteiger charge is 2.08. The fourth-order valence-corrected chi connectivity index (χ4v) is 1.50. The van der Waals surface area contributed by atoms with E-state index in [0.717, 1.165) is 12.0 Å². The van der Waals surface area contributed by atoms with Crippen molar-refractivity contribution in [1.29, 1.82) is 0 Å². The number of carbonyl (C=O) groups is 1. The Kier molecular flexibility index (Phi) is 6.31. The van der Waals surface area contributed by atoms with Crippen LogP contribution in [0, 0.1) is 0 Å². The number of rotatable bonds is 7. The Hall–Kier alpha value is -2.15. The van der Waals surface area contributed by atoms with Gasteiger partial charge in [0.15, 0.2) is 5.84 Å². The van der Waals surface area contributed by atoms with E-state index >= 15 is 0 Å². The van der Waals surface area contributed by atoms with Crippen molar-refractivity contribution in [2.45, 2.75) is 19.9 Å². The van der Waals surface area contributed by atoms with Crippen molar-refractivity contribution in [1.82, 2.24) is 15.6 Å². The van der Waals surface area contributed by atoms with Gasteiger partial charge >= 0.3 is 0 Å². The smallest absolute Gasteiger partial charge is 0.233 e. The number of carbonyl (C=O) groups excluding carboxylic acids is 1. The first-order valence-electron chi connectivity index (χ1n) is 6.08. The predicted octanol–water partition coefficient (Wildman–Crippen LogP) is -0.208. The molecule has 1 aromatic rings. The number of nitrogens with zero attached hydrogens (tertiary/aromatic N) is 2. The Morgan fingerprint density at radius 1 is 1.58 bits per heavy atom. The fraction of sp³-hybridized carbons (Fsp3) is 0.417. The third-order valence-corrected chi connectivity index (χ3v) is 2.41. The third kappa shape index (κ3) is 4.92. The van der Waals surface area contributed by atoms with Crippen LogP contribution < -0.4 is 16.4 Å². The summed E-state index contributed by atoms with van der Waals surface area (Å²) in [7, 11) is 0. The lowest BCUT2D eigenvalue weighted by atomic mass is 10.2. The minimum Gasteiger partial charge on any atom is -0.409 e. The van der Waals surface area contributed by atoms with Crippen molar-refractivity contribution >= 4 is 11.7 Å². The highest BCUT2D eigenvalue weighted by atomic mass is 16.4. The summed E-state index contributed by atoms with van der Waals surface area (Å²) in [6.07, 6.45) is 2.47. The number of amidine groups is 1. The molecule has 7 nitrogen and oxygen atoms in total. The van der Waals surface area contributed by atoms with Gasteiger partial charge in [-0.25, -0.2) is 0 Å². The Morgan fingerprint density at radius 3 is 3.05 bits per heavy atom. The van der Waals surface area contributed by atoms with Crippen LogP contribution in [0.1, 0.15) is 24.6 Å². The lowest BCUT2D eigenvalue weighted by Gasteiger charge is -2.08. The maximum absolute atomic E-state index is 11.4. The number of oxime groups is 1. The zero-order chi connectivity index (χ0) is 14.1. The highest BCUT2D eigenvalue weighted by molar-refractivity contribution is 5.96. The van der Waals surface area contributed by atoms with Gasteiger partial charge in [-0.15, -0.1) is 0 Å². The molecule has 0 aliphatic carbocycles. The Labute approximate surface area is 111 Å². The zero-order valence-electron chi connectivity index (χ0n) is 10.9. The van der Waals surface area contributed by atoms with Gasteiger partial charge in [-0.05, 0) is 18.1 Å². The van der Waals surface area contributed by atoms with Gasteiger partial charge in [-0.1, -0.05) is 18.1 Å². The Bertz CT molecular complexity index is 448. The number of hydrogen-bond acceptors (Lipinski definition) is 5. The van der Waals surface area contributed by atoms with Gasteiger partial charge in [0.05, 0.1) is 6.54 Å². The molecule has 19 heavy (non-hydrogen) atoms. The van der Waals surface area contributed by atoms with Crippen molar-refractivity contribution < 1.29 is 10.0 Å². The van der Waals surface area contributed by atoms with Crippen LogP contribution >= 0.6 is 0 Å². The molecule has 1 aromatic heterocycles. The van der Waals surface area contributed by atoms with E-state index in [0.29, 0.717) is 18.8 Å². The van der Waals surface area contributed by atoms with Crippen LogP contribution in [0.4, 0.5) is 0 Å². The molecule has 1 rings (SSSR count). The molecular weight excluding hydrogens is 246 g/mol. The van der Waals surface area contributed by atoms with Crippen molar-refractivity contribution in [2.24, 2.45) is 10.9 Å². The van der Waals surface area contributed by atoms with Crippen LogP contribution in [0.15, 0.2) is 23.5 Å². The SMILES string of the molecule is CCCNC(=O)CNCc1cccnc1C(N)=NO. The summed E-state index contributed by atoms with van der Waals surface area (Å²) in [6.45, 7) is 3.29. The number of hydrogen-bond donors (Lipinski definition) is 4. The van der Waals surface area contributed by atoms with E-state index in [-0.39, 0.29) is 18.3 Å². The number of amides is 1. The van der Waals surface area contributed by atoms with E-state index < -0.39 is 0 Å². The molecule has 0 aromatic carbocycles. The second kappa shape index (κ2) is 8.04. The molecule has 0 fully saturated rings. The van der Waals surface area contributed by atoms with Crippen molar-refractivity contribution in [3.63, 3.8) is 0 Å². The van der Waals surface area contributed by atoms with Gasteiger partial charge in [0.2, 0.25) is 5.91 Å². The first kappa shape index (κ1) is 14.9. The normalized spacial score (nSPS) is 11.3. The number of aromatic nitrogens is 1. The minimum absolute atomic E-state index is 0.0483. The van der Waals surface area contributed by atoms with Crippen LogP contribution in [0.3, 0.4) is 0 Å². The highest BCUT2D eigenvalue weighted by Crippen LogP contribution is 2.04. The van der Waals surface area contributed by atoms with Crippen LogP contribution in [0.25, 0.3) is 0 Å². The molecule has 5 N–H and O–H groups in total. The molecule has 0 spiro atoms. The van der Waals surface area contributed by atoms with E-state index in [2.05, 4.69) is 20.8 Å². The summed E-state index contributed by atoms with van der Waals surface area (Å²) >= 11 is 0. The largest absolute Gasteiger partial charge is 0.409 e. The summed E-state index contributed by atoms with van der Waals surface area (Å²) in [5.41, 5.74) is 6.70. The van der Waals surface area contributed by atoms with Crippen molar-refractivity contribution in [3.05, 3.63) is 29.6 Å². The maximum atomic E-state index is 11.4. The van der Waals surface area contributed by atoms with Gasteiger partial charge in [0, 0.05) is 19.3 Å². The summed E-state index contributed by atoms with van der Waals surface area (Å²) < 4.78 is 0. The number of pyridine rings is 1. The van der Waals surface area contributed by atoms with Crippen LogP contribution in [-0.4, -0.2) is 35.0 Å². The van der Waals surface area contributed by atoms with Crippen LogP contribution in [-0.2, 0) is 11.3 Å². The quantitative estimate of drug-likeness (QED) is 0.236. The van der Waals surface area contributed by atoms with Gasteiger partial charge < -0.3 is 21.6 Å². The third-order valence-electron chi connectivity index (χ3n) is 2.41. The molecule has 1 heterocycles. The van der Waals surface area contributed by atoms with E-state index in [9.17, 15) is 4.79 Å². The van der Waals surface area contributed by atoms with E-state index in [4.69, 9.17) is 10.9 Å². The Morgan fingerprint density at radius 2 is 2.37 bits per heavy atom. The van der Waals surface area contributed by atoms with Crippen molar-refractivity contribution in [3.8, 4) is 0 Å². The molecule has 0 saturated carbocycles. The second-order valence-electron chi connectivity index (χ2n) is 3.95. The summed E-state index contributed by atoms with van der Waals surface area (Å²) in [6, 6.07) is 3.56. The predicted molar refractivity (Wildman–Crippen MR) is 71.8 cm³/mol. The van der Waals surface area contributed by atoms with Gasteiger partial charge in [0.1, 0.15) is 5.69 Å². The molecule has 7 heteroatoms. The lowest BCUT2D eigenvalue weighted by Crippen LogP contribution is -2.34. The van der Waals surface area contributed by atoms with E-state index in [1.54, 1.807) is 18.3 Å². The first-order chi connectivity index (χ1) is 9.19. The van der Waals surface area contributed by atoms with E-state index in [1.807, 2.05) is 6.92 Å². The Balaban J connectivity index is 2.52. The number of nitrogens with two attached hydrogens (primary N) is 1. The molecule has 0 aliphatic rings. The maximum Gasteiger partial charge on any atom is 0.233 e. The lowest BCUT2D eigenvalue weighted by molar-refractivity contribution is -0.120. The first-order valence-corrected chi connectivity index (χ1v) is 6.08. The van der Waals surface area contributed by atoms with E-state index in [1.165, 1.54) is 0 Å². The monoisotopic (exact) mass is 265 g/mol. The summed E-state index contributed by atoms with van der Waals surface area (Å²) in [5.74, 6) is -0.107. The molecule has 104 valence electrons. The minimum atomic E-state index is -0.0592. The molecule has 0 saturated heterocycles. The summed E-state index contributed by atoms with van der Waals surface area (Å²) in [4.78, 5) is 15.4. The van der Waals surface area contributed by atoms with Gasteiger partial charge in [-0.3, -0.25) is 9.78 Å². The average molecular weight is 265 g/mol. The molecule has 0 bridgehead atoms. The zero-order valence-corrected chi connectivity index (χ0v) is 10.9. The molecular formula is C12H19N5O2.